The Morgan fingerprint density at radius 1 is 0.971 bits per heavy atom. The molecule has 1 aromatic rings. The van der Waals surface area contributed by atoms with Crippen molar-refractivity contribution in [3.8, 4) is 0 Å². The van der Waals surface area contributed by atoms with E-state index in [1.165, 1.54) is 0 Å². The number of ether oxygens (including phenoxy) is 4. The van der Waals surface area contributed by atoms with Gasteiger partial charge in [-0.2, -0.15) is 0 Å². The summed E-state index contributed by atoms with van der Waals surface area (Å²) in [6, 6.07) is 1.81. The number of carbonyl (C=O) groups excluding carboxylic acids is 3. The second-order valence-electron chi connectivity index (χ2n) is 12.2. The van der Waals surface area contributed by atoms with Crippen molar-refractivity contribution >= 4 is 17.7 Å². The monoisotopic (exact) mass is 470 g/mol. The van der Waals surface area contributed by atoms with Crippen molar-refractivity contribution in [3.63, 3.8) is 0 Å². The first-order valence-electron chi connectivity index (χ1n) is 12.3. The zero-order valence-electron chi connectivity index (χ0n) is 19.9. The molecule has 4 saturated heterocycles. The molecular weight excluding hydrogens is 440 g/mol. The number of rotatable bonds is 1. The smallest absolute Gasteiger partial charge is 0.339 e. The number of fused-ring (bicyclic) bond motifs is 1. The van der Waals surface area contributed by atoms with E-state index in [9.17, 15) is 14.4 Å². The van der Waals surface area contributed by atoms with E-state index in [4.69, 9.17) is 23.4 Å². The normalized spacial score (nSPS) is 52.4. The third-order valence-corrected chi connectivity index (χ3v) is 10.7. The zero-order valence-corrected chi connectivity index (χ0v) is 19.9. The molecule has 182 valence electrons. The molecule has 8 nitrogen and oxygen atoms in total. The Morgan fingerprint density at radius 3 is 2.50 bits per heavy atom. The number of Topliss-reactive ketones (excluding diaryl/α,β-unsaturated/α-hetero) is 1. The number of ketones is 1. The first kappa shape index (κ1) is 21.1. The fourth-order valence-corrected chi connectivity index (χ4v) is 9.34. The molecule has 34 heavy (non-hydrogen) atoms. The summed E-state index contributed by atoms with van der Waals surface area (Å²) in [6.07, 6.45) is 3.46. The average Bonchev–Trinajstić information content (AvgIpc) is 3.26. The van der Waals surface area contributed by atoms with Crippen LogP contribution in [0.3, 0.4) is 0 Å². The molecule has 4 aliphatic heterocycles. The third kappa shape index (κ3) is 2.02. The molecule has 8 heteroatoms. The maximum absolute atomic E-state index is 14.2. The highest BCUT2D eigenvalue weighted by Crippen LogP contribution is 2.79. The molecule has 5 heterocycles. The zero-order chi connectivity index (χ0) is 23.9. The minimum Gasteiger partial charge on any atom is -0.472 e. The van der Waals surface area contributed by atoms with E-state index < -0.39 is 45.6 Å². The molecular formula is C26H30O8. The summed E-state index contributed by atoms with van der Waals surface area (Å²) in [5, 5.41) is 0. The van der Waals surface area contributed by atoms with Gasteiger partial charge in [0.15, 0.2) is 6.10 Å². The van der Waals surface area contributed by atoms with Gasteiger partial charge in [-0.15, -0.1) is 0 Å². The first-order valence-corrected chi connectivity index (χ1v) is 12.3. The van der Waals surface area contributed by atoms with Crippen LogP contribution in [0.15, 0.2) is 23.0 Å². The van der Waals surface area contributed by atoms with Gasteiger partial charge in [-0.3, -0.25) is 9.59 Å². The molecule has 0 radical (unpaired) electrons. The van der Waals surface area contributed by atoms with Gasteiger partial charge in [0.05, 0.1) is 36.1 Å². The lowest BCUT2D eigenvalue weighted by Gasteiger charge is -2.65. The molecule has 9 atom stereocenters. The summed E-state index contributed by atoms with van der Waals surface area (Å²) in [7, 11) is 0. The van der Waals surface area contributed by atoms with Crippen LogP contribution in [-0.2, 0) is 33.3 Å². The van der Waals surface area contributed by atoms with Crippen molar-refractivity contribution in [2.24, 2.45) is 28.1 Å². The van der Waals surface area contributed by atoms with Gasteiger partial charge in [-0.25, -0.2) is 4.79 Å². The number of hydrogen-bond donors (Lipinski definition) is 0. The lowest BCUT2D eigenvalue weighted by molar-refractivity contribution is -0.225. The summed E-state index contributed by atoms with van der Waals surface area (Å²) in [5.41, 5.74) is -2.78. The quantitative estimate of drug-likeness (QED) is 0.455. The Morgan fingerprint density at radius 2 is 1.76 bits per heavy atom. The van der Waals surface area contributed by atoms with Crippen LogP contribution in [0, 0.1) is 28.1 Å². The maximum Gasteiger partial charge on any atom is 0.339 e. The Labute approximate surface area is 197 Å². The molecule has 5 unspecified atom stereocenters. The van der Waals surface area contributed by atoms with Crippen molar-refractivity contribution < 1.29 is 37.7 Å². The van der Waals surface area contributed by atoms with Crippen LogP contribution in [0.4, 0.5) is 0 Å². The summed E-state index contributed by atoms with van der Waals surface area (Å²) < 4.78 is 29.8. The van der Waals surface area contributed by atoms with Crippen molar-refractivity contribution in [2.45, 2.75) is 82.9 Å². The SMILES string of the molecule is CC1(C)OC2CC(=O)OC[C@@]23C1CC(=O)[C@]1(C)C3CC[C@@]2(C)C(c3ccoc3)OC(=O)C3O[C@@]321. The highest BCUT2D eigenvalue weighted by molar-refractivity contribution is 5.93. The largest absolute Gasteiger partial charge is 0.472 e. The van der Waals surface area contributed by atoms with E-state index >= 15 is 0 Å². The van der Waals surface area contributed by atoms with Crippen LogP contribution in [0.2, 0.25) is 0 Å². The fourth-order valence-electron chi connectivity index (χ4n) is 9.34. The summed E-state index contributed by atoms with van der Waals surface area (Å²) in [4.78, 5) is 39.7. The van der Waals surface area contributed by atoms with Crippen LogP contribution in [0.1, 0.15) is 65.0 Å². The predicted molar refractivity (Wildman–Crippen MR) is 114 cm³/mol. The molecule has 7 rings (SSSR count). The van der Waals surface area contributed by atoms with Gasteiger partial charge in [-0.05, 0) is 45.6 Å². The standard InChI is InChI=1S/C26H30O8/c1-22(2)15-9-16(27)24(4)14(25(15)12-31-18(28)10-17(25)33-22)5-7-23(3)19(13-6-8-30-11-13)32-21(29)20-26(23,24)34-20/h6,8,11,14-15,17,19-20H,5,7,9-10,12H2,1-4H3/t14?,15?,17?,19?,20?,23-,24-,25+,26-/m0/s1. The number of furan rings is 1. The molecule has 0 aromatic carbocycles. The number of epoxide rings is 1. The van der Waals surface area contributed by atoms with Crippen molar-refractivity contribution in [2.75, 3.05) is 6.61 Å². The van der Waals surface area contributed by atoms with Crippen LogP contribution in [0.5, 0.6) is 0 Å². The van der Waals surface area contributed by atoms with E-state index in [2.05, 4.69) is 6.92 Å². The lowest BCUT2D eigenvalue weighted by atomic mass is 9.37. The van der Waals surface area contributed by atoms with E-state index in [0.29, 0.717) is 12.8 Å². The summed E-state index contributed by atoms with van der Waals surface area (Å²) in [6.45, 7) is 8.36. The highest BCUT2D eigenvalue weighted by Gasteiger charge is 2.89. The number of esters is 2. The number of hydrogen-bond acceptors (Lipinski definition) is 8. The Bertz CT molecular complexity index is 1120. The molecule has 0 N–H and O–H groups in total. The topological polar surface area (TPSA) is 105 Å². The van der Waals surface area contributed by atoms with Gasteiger partial charge in [0, 0.05) is 28.7 Å². The number of carbonyl (C=O) groups is 3. The molecule has 6 fully saturated rings. The molecule has 1 aromatic heterocycles. The Balaban J connectivity index is 1.41. The highest BCUT2D eigenvalue weighted by atomic mass is 16.7. The van der Waals surface area contributed by atoms with E-state index in [1.807, 2.05) is 26.8 Å². The van der Waals surface area contributed by atoms with Gasteiger partial charge >= 0.3 is 11.9 Å². The van der Waals surface area contributed by atoms with Gasteiger partial charge in [0.1, 0.15) is 24.1 Å². The lowest BCUT2D eigenvalue weighted by Crippen LogP contribution is -2.72. The van der Waals surface area contributed by atoms with Crippen molar-refractivity contribution in [1.29, 1.82) is 0 Å². The molecule has 2 saturated carbocycles. The van der Waals surface area contributed by atoms with Gasteiger partial charge in [-0.1, -0.05) is 6.92 Å². The van der Waals surface area contributed by atoms with E-state index in [-0.39, 0.29) is 42.7 Å². The van der Waals surface area contributed by atoms with Crippen LogP contribution < -0.4 is 0 Å². The second kappa shape index (κ2) is 5.95. The maximum atomic E-state index is 14.2. The average molecular weight is 471 g/mol. The molecule has 2 spiro atoms. The Hall–Kier alpha value is -2.19. The minimum atomic E-state index is -0.976. The van der Waals surface area contributed by atoms with Gasteiger partial charge < -0.3 is 23.4 Å². The predicted octanol–water partition coefficient (Wildman–Crippen LogP) is 3.14. The van der Waals surface area contributed by atoms with E-state index in [0.717, 1.165) is 12.0 Å². The van der Waals surface area contributed by atoms with Crippen LogP contribution >= 0.6 is 0 Å². The summed E-state index contributed by atoms with van der Waals surface area (Å²) in [5.74, 6) is -0.780. The van der Waals surface area contributed by atoms with Gasteiger partial charge in [0.2, 0.25) is 0 Å². The fraction of sp³-hybridized carbons (Fsp3) is 0.731. The summed E-state index contributed by atoms with van der Waals surface area (Å²) >= 11 is 0. The van der Waals surface area contributed by atoms with Gasteiger partial charge in [0.25, 0.3) is 0 Å². The minimum absolute atomic E-state index is 0.0677. The van der Waals surface area contributed by atoms with Crippen LogP contribution in [-0.4, -0.2) is 47.7 Å². The van der Waals surface area contributed by atoms with Crippen molar-refractivity contribution in [3.05, 3.63) is 24.2 Å². The Kier molecular flexibility index (Phi) is 3.70. The van der Waals surface area contributed by atoms with Crippen LogP contribution in [0.25, 0.3) is 0 Å². The van der Waals surface area contributed by atoms with Crippen molar-refractivity contribution in [1.82, 2.24) is 0 Å². The molecule has 2 aliphatic carbocycles. The first-order chi connectivity index (χ1) is 16.0. The number of cyclic esters (lactones) is 2. The second-order valence-corrected chi connectivity index (χ2v) is 12.2. The molecule has 0 bridgehead atoms. The molecule has 6 aliphatic rings. The molecule has 0 amide bonds. The third-order valence-electron chi connectivity index (χ3n) is 10.7. The van der Waals surface area contributed by atoms with E-state index in [1.54, 1.807) is 12.5 Å².